The Labute approximate surface area is 229 Å². The summed E-state index contributed by atoms with van der Waals surface area (Å²) in [6.45, 7) is 0. The number of aliphatic hydroxyl groups excluding tert-OH is 1. The van der Waals surface area contributed by atoms with Gasteiger partial charge in [-0.25, -0.2) is 4.68 Å². The fourth-order valence-electron chi connectivity index (χ4n) is 4.51. The molecule has 0 unspecified atom stereocenters. The van der Waals surface area contributed by atoms with Crippen LogP contribution >= 0.6 is 27.5 Å². The number of nitrogens with one attached hydrogen (secondary N) is 2. The van der Waals surface area contributed by atoms with Gasteiger partial charge in [-0.2, -0.15) is 18.3 Å². The van der Waals surface area contributed by atoms with Crippen LogP contribution in [0.5, 0.6) is 0 Å². The van der Waals surface area contributed by atoms with E-state index in [0.717, 1.165) is 4.68 Å². The molecule has 0 radical (unpaired) electrons. The highest BCUT2D eigenvalue weighted by molar-refractivity contribution is 9.10. The minimum atomic E-state index is -4.59. The first-order chi connectivity index (χ1) is 18.1. The van der Waals surface area contributed by atoms with Crippen molar-refractivity contribution in [2.75, 3.05) is 10.6 Å². The minimum Gasteiger partial charge on any atom is -0.384 e. The first kappa shape index (κ1) is 26.3. The molecular formula is C27H21BrClF3N4O2. The van der Waals surface area contributed by atoms with E-state index in [1.165, 1.54) is 18.2 Å². The number of hydrogen-bond acceptors (Lipinski definition) is 4. The molecule has 11 heteroatoms. The van der Waals surface area contributed by atoms with Crippen LogP contribution in [0.1, 0.15) is 51.8 Å². The third-order valence-corrected chi connectivity index (χ3v) is 7.37. The zero-order chi connectivity index (χ0) is 27.0. The third kappa shape index (κ3) is 5.16. The van der Waals surface area contributed by atoms with E-state index < -0.39 is 30.3 Å². The maximum Gasteiger partial charge on any atom is 0.410 e. The summed E-state index contributed by atoms with van der Waals surface area (Å²) < 4.78 is 43.2. The number of carbonyl (C=O) groups excluding carboxylic acids is 1. The molecule has 5 rings (SSSR count). The average molecular weight is 606 g/mol. The topological polar surface area (TPSA) is 79.2 Å². The number of aliphatic hydroxyl groups is 1. The lowest BCUT2D eigenvalue weighted by Gasteiger charge is -2.33. The second-order valence-corrected chi connectivity index (χ2v) is 10.1. The lowest BCUT2D eigenvalue weighted by molar-refractivity contribution is -0.173. The molecule has 0 aliphatic carbocycles. The fourth-order valence-corrected chi connectivity index (χ4v) is 5.24. The first-order valence-corrected chi connectivity index (χ1v) is 12.8. The van der Waals surface area contributed by atoms with E-state index in [-0.39, 0.29) is 28.1 Å². The number of alkyl halides is 3. The van der Waals surface area contributed by atoms with Gasteiger partial charge in [-0.1, -0.05) is 72.3 Å². The summed E-state index contributed by atoms with van der Waals surface area (Å²) in [4.78, 5) is 13.3. The van der Waals surface area contributed by atoms with Gasteiger partial charge in [0.1, 0.15) is 11.9 Å². The van der Waals surface area contributed by atoms with Gasteiger partial charge in [0.05, 0.1) is 10.5 Å². The van der Waals surface area contributed by atoms with Crippen LogP contribution < -0.4 is 10.6 Å². The Morgan fingerprint density at radius 2 is 1.76 bits per heavy atom. The smallest absolute Gasteiger partial charge is 0.384 e. The third-order valence-electron chi connectivity index (χ3n) is 6.38. The molecule has 1 aliphatic rings. The van der Waals surface area contributed by atoms with Gasteiger partial charge < -0.3 is 15.7 Å². The van der Waals surface area contributed by atoms with Gasteiger partial charge in [0.2, 0.25) is 0 Å². The Bertz CT molecular complexity index is 1460. The summed E-state index contributed by atoms with van der Waals surface area (Å²) >= 11 is 9.45. The molecule has 3 aromatic carbocycles. The second-order valence-electron chi connectivity index (χ2n) is 8.86. The van der Waals surface area contributed by atoms with Gasteiger partial charge in [0.25, 0.3) is 5.91 Å². The maximum atomic E-state index is 14.1. The van der Waals surface area contributed by atoms with Gasteiger partial charge in [-0.05, 0) is 45.3 Å². The van der Waals surface area contributed by atoms with Crippen molar-refractivity contribution >= 4 is 44.9 Å². The number of nitrogens with zero attached hydrogens (tertiary/aromatic N) is 2. The van der Waals surface area contributed by atoms with Crippen molar-refractivity contribution in [2.24, 2.45) is 0 Å². The molecule has 38 heavy (non-hydrogen) atoms. The van der Waals surface area contributed by atoms with Crippen LogP contribution in [0.2, 0.25) is 5.02 Å². The summed E-state index contributed by atoms with van der Waals surface area (Å²) in [7, 11) is 0. The Balaban J connectivity index is 1.49. The van der Waals surface area contributed by atoms with E-state index in [2.05, 4.69) is 31.7 Å². The number of aromatic nitrogens is 2. The molecule has 0 saturated heterocycles. The molecule has 4 aromatic rings. The Hall–Kier alpha value is -3.34. The predicted molar refractivity (Wildman–Crippen MR) is 142 cm³/mol. The van der Waals surface area contributed by atoms with E-state index in [1.807, 2.05) is 0 Å². The first-order valence-electron chi connectivity index (χ1n) is 11.6. The van der Waals surface area contributed by atoms with Crippen LogP contribution in [-0.4, -0.2) is 27.0 Å². The monoisotopic (exact) mass is 604 g/mol. The maximum absolute atomic E-state index is 14.1. The number of anilines is 2. The summed E-state index contributed by atoms with van der Waals surface area (Å²) in [6, 6.07) is 19.6. The molecule has 3 N–H and O–H groups in total. The molecule has 0 spiro atoms. The minimum absolute atomic E-state index is 0.0539. The molecule has 3 atom stereocenters. The number of carbonyl (C=O) groups is 1. The Morgan fingerprint density at radius 1 is 1.11 bits per heavy atom. The van der Waals surface area contributed by atoms with Crippen LogP contribution in [-0.2, 0) is 0 Å². The van der Waals surface area contributed by atoms with Gasteiger partial charge in [0, 0.05) is 22.7 Å². The van der Waals surface area contributed by atoms with Crippen molar-refractivity contribution in [1.29, 1.82) is 0 Å². The highest BCUT2D eigenvalue weighted by Crippen LogP contribution is 2.46. The average Bonchev–Trinajstić information content (AvgIpc) is 3.25. The van der Waals surface area contributed by atoms with Crippen LogP contribution in [0.3, 0.4) is 0 Å². The lowest BCUT2D eigenvalue weighted by Crippen LogP contribution is -2.35. The van der Waals surface area contributed by atoms with Crippen LogP contribution in [0.25, 0.3) is 0 Å². The molecule has 0 bridgehead atoms. The summed E-state index contributed by atoms with van der Waals surface area (Å²) in [5.74, 6) is -0.695. The molecule has 2 heterocycles. The lowest BCUT2D eigenvalue weighted by atomic mass is 9.97. The van der Waals surface area contributed by atoms with Crippen molar-refractivity contribution in [1.82, 2.24) is 9.78 Å². The van der Waals surface area contributed by atoms with E-state index in [1.54, 1.807) is 60.7 Å². The van der Waals surface area contributed by atoms with E-state index in [4.69, 9.17) is 11.6 Å². The zero-order valence-corrected chi connectivity index (χ0v) is 21.9. The molecule has 1 aromatic heterocycles. The standard InChI is InChI=1S/C27H21BrClF3N4O2/c28-22-23(26(38)34-19-12-11-17(29)13-18(19)24(37)16-9-5-2-6-10-16)35-36-21(27(30,31)32)14-20(33-25(22)36)15-7-3-1-4-8-15/h1-13,20-21,24,33,37H,14H2,(H,34,38)/t20-,21+,24-/m1/s1. The molecule has 0 fully saturated rings. The van der Waals surface area contributed by atoms with Crippen molar-refractivity contribution in [3.8, 4) is 0 Å². The predicted octanol–water partition coefficient (Wildman–Crippen LogP) is 7.29. The van der Waals surface area contributed by atoms with Crippen LogP contribution in [0.15, 0.2) is 83.3 Å². The Kier molecular flexibility index (Phi) is 7.21. The van der Waals surface area contributed by atoms with E-state index in [9.17, 15) is 23.1 Å². The van der Waals surface area contributed by atoms with Crippen molar-refractivity contribution in [3.05, 3.63) is 111 Å². The normalized spacial score (nSPS) is 17.8. The number of hydrogen-bond donors (Lipinski definition) is 3. The molecule has 196 valence electrons. The summed E-state index contributed by atoms with van der Waals surface area (Å²) in [5.41, 5.74) is 1.61. The van der Waals surface area contributed by atoms with Gasteiger partial charge in [0.15, 0.2) is 11.7 Å². The second kappa shape index (κ2) is 10.4. The summed E-state index contributed by atoms with van der Waals surface area (Å²) in [5, 5.41) is 21.1. The highest BCUT2D eigenvalue weighted by Gasteiger charge is 2.47. The fraction of sp³-hybridized carbons (Fsp3) is 0.185. The molecule has 1 amide bonds. The SMILES string of the molecule is O=C(Nc1ccc(Cl)cc1[C@H](O)c1ccccc1)c1nn2c(c1Br)N[C@@H](c1ccccc1)C[C@H]2C(F)(F)F. The summed E-state index contributed by atoms with van der Waals surface area (Å²) in [6.07, 6.45) is -5.99. The van der Waals surface area contributed by atoms with E-state index in [0.29, 0.717) is 21.7 Å². The number of rotatable bonds is 5. The van der Waals surface area contributed by atoms with Gasteiger partial charge >= 0.3 is 6.18 Å². The van der Waals surface area contributed by atoms with Gasteiger partial charge in [-0.3, -0.25) is 4.79 Å². The highest BCUT2D eigenvalue weighted by atomic mass is 79.9. The van der Waals surface area contributed by atoms with Gasteiger partial charge in [-0.15, -0.1) is 0 Å². The number of amides is 1. The van der Waals surface area contributed by atoms with Crippen molar-refractivity contribution in [3.63, 3.8) is 0 Å². The zero-order valence-electron chi connectivity index (χ0n) is 19.6. The Morgan fingerprint density at radius 3 is 2.42 bits per heavy atom. The van der Waals surface area contributed by atoms with E-state index >= 15 is 0 Å². The number of benzene rings is 3. The largest absolute Gasteiger partial charge is 0.410 e. The number of fused-ring (bicyclic) bond motifs is 1. The molecule has 6 nitrogen and oxygen atoms in total. The molecule has 1 aliphatic heterocycles. The molecule has 0 saturated carbocycles. The number of halogens is 5. The van der Waals surface area contributed by atoms with Crippen LogP contribution in [0.4, 0.5) is 24.7 Å². The quantitative estimate of drug-likeness (QED) is 0.223. The van der Waals surface area contributed by atoms with Crippen molar-refractivity contribution < 1.29 is 23.1 Å². The van der Waals surface area contributed by atoms with Crippen LogP contribution in [0, 0.1) is 0 Å². The molecular weight excluding hydrogens is 585 g/mol. The van der Waals surface area contributed by atoms with Crippen molar-refractivity contribution in [2.45, 2.75) is 30.8 Å².